The van der Waals surface area contributed by atoms with Crippen molar-refractivity contribution in [1.29, 1.82) is 0 Å². The summed E-state index contributed by atoms with van der Waals surface area (Å²) in [5.74, 6) is 1.45. The maximum atomic E-state index is 12.3. The second-order valence-corrected chi connectivity index (χ2v) is 5.91. The van der Waals surface area contributed by atoms with Crippen LogP contribution in [0.2, 0.25) is 0 Å². The average Bonchev–Trinajstić information content (AvgIpc) is 2.54. The number of fused-ring (bicyclic) bond motifs is 1. The Morgan fingerprint density at radius 1 is 1.00 bits per heavy atom. The Kier molecular flexibility index (Phi) is 4.06. The maximum absolute atomic E-state index is 12.3. The molecule has 0 aliphatic carbocycles. The molecule has 0 aliphatic heterocycles. The molecule has 4 nitrogen and oxygen atoms in total. The van der Waals surface area contributed by atoms with Crippen LogP contribution in [0.5, 0.6) is 11.5 Å². The molecule has 0 amide bonds. The van der Waals surface area contributed by atoms with Crippen LogP contribution in [-0.2, 0) is 0 Å². The van der Waals surface area contributed by atoms with Gasteiger partial charge in [-0.1, -0.05) is 12.1 Å². The number of hydrogen-bond acceptors (Lipinski definition) is 4. The smallest absolute Gasteiger partial charge is 0.204 e. The third-order valence-electron chi connectivity index (χ3n) is 3.37. The van der Waals surface area contributed by atoms with Crippen molar-refractivity contribution in [2.24, 2.45) is 0 Å². The first-order valence-corrected chi connectivity index (χ1v) is 7.66. The van der Waals surface area contributed by atoms with Crippen LogP contribution >= 0.6 is 22.6 Å². The van der Waals surface area contributed by atoms with Crippen LogP contribution in [0.25, 0.3) is 22.3 Å². The second kappa shape index (κ2) is 6.00. The fourth-order valence-corrected chi connectivity index (χ4v) is 2.65. The number of halogens is 1. The molecule has 0 N–H and O–H groups in total. The van der Waals surface area contributed by atoms with E-state index < -0.39 is 0 Å². The van der Waals surface area contributed by atoms with Gasteiger partial charge in [0.25, 0.3) is 0 Å². The molecule has 0 saturated carbocycles. The van der Waals surface area contributed by atoms with Crippen LogP contribution in [0.3, 0.4) is 0 Å². The van der Waals surface area contributed by atoms with E-state index in [-0.39, 0.29) is 5.43 Å². The maximum Gasteiger partial charge on any atom is 0.204 e. The third-order valence-corrected chi connectivity index (χ3v) is 4.09. The van der Waals surface area contributed by atoms with Gasteiger partial charge in [0, 0.05) is 15.2 Å². The highest BCUT2D eigenvalue weighted by Gasteiger charge is 2.15. The monoisotopic (exact) mass is 408 g/mol. The molecule has 3 aromatic rings. The van der Waals surface area contributed by atoms with Gasteiger partial charge in [-0.05, 0) is 46.9 Å². The predicted molar refractivity (Wildman–Crippen MR) is 93.7 cm³/mol. The van der Waals surface area contributed by atoms with Crippen molar-refractivity contribution in [1.82, 2.24) is 0 Å². The van der Waals surface area contributed by atoms with E-state index in [9.17, 15) is 4.79 Å². The van der Waals surface area contributed by atoms with E-state index in [2.05, 4.69) is 22.6 Å². The minimum atomic E-state index is -0.115. The zero-order valence-corrected chi connectivity index (χ0v) is 14.2. The van der Waals surface area contributed by atoms with Crippen LogP contribution in [0.15, 0.2) is 51.7 Å². The lowest BCUT2D eigenvalue weighted by molar-refractivity contribution is 0.353. The zero-order chi connectivity index (χ0) is 15.7. The molecular weight excluding hydrogens is 395 g/mol. The summed E-state index contributed by atoms with van der Waals surface area (Å²) in [5.41, 5.74) is 1.11. The van der Waals surface area contributed by atoms with E-state index in [1.165, 1.54) is 13.2 Å². The lowest BCUT2D eigenvalue weighted by Crippen LogP contribution is -2.02. The quantitative estimate of drug-likeness (QED) is 0.613. The minimum Gasteiger partial charge on any atom is -0.493 e. The Labute approximate surface area is 140 Å². The lowest BCUT2D eigenvalue weighted by atomic mass is 10.1. The molecule has 5 heteroatoms. The number of rotatable bonds is 3. The Morgan fingerprint density at radius 2 is 1.73 bits per heavy atom. The molecule has 1 heterocycles. The van der Waals surface area contributed by atoms with Gasteiger partial charge in [0.2, 0.25) is 5.75 Å². The van der Waals surface area contributed by atoms with Crippen molar-refractivity contribution in [2.45, 2.75) is 0 Å². The van der Waals surface area contributed by atoms with Gasteiger partial charge in [-0.15, -0.1) is 0 Å². The number of ether oxygens (including phenoxy) is 2. The molecule has 112 valence electrons. The van der Waals surface area contributed by atoms with E-state index in [1.807, 2.05) is 24.3 Å². The molecule has 1 aromatic heterocycles. The second-order valence-electron chi connectivity index (χ2n) is 4.66. The highest BCUT2D eigenvalue weighted by atomic mass is 127. The molecule has 0 atom stereocenters. The molecule has 0 saturated heterocycles. The topological polar surface area (TPSA) is 48.7 Å². The lowest BCUT2D eigenvalue weighted by Gasteiger charge is -2.10. The standard InChI is InChI=1S/C17H13IO4/c1-20-14-8-7-12-13(19)9-15(22-16(12)17(14)21-2)10-3-5-11(18)6-4-10/h3-9H,1-2H3. The zero-order valence-electron chi connectivity index (χ0n) is 12.1. The first-order chi connectivity index (χ1) is 10.6. The number of hydrogen-bond donors (Lipinski definition) is 0. The molecule has 0 fully saturated rings. The molecule has 22 heavy (non-hydrogen) atoms. The highest BCUT2D eigenvalue weighted by molar-refractivity contribution is 14.1. The van der Waals surface area contributed by atoms with Crippen molar-refractivity contribution in [3.63, 3.8) is 0 Å². The third kappa shape index (κ3) is 2.56. The minimum absolute atomic E-state index is 0.115. The fourth-order valence-electron chi connectivity index (χ4n) is 2.29. The van der Waals surface area contributed by atoms with Gasteiger partial charge in [-0.3, -0.25) is 4.79 Å². The van der Waals surface area contributed by atoms with Gasteiger partial charge in [-0.25, -0.2) is 0 Å². The predicted octanol–water partition coefficient (Wildman–Crippen LogP) is 4.08. The van der Waals surface area contributed by atoms with E-state index in [1.54, 1.807) is 19.2 Å². The summed E-state index contributed by atoms with van der Waals surface area (Å²) in [7, 11) is 3.07. The van der Waals surface area contributed by atoms with Crippen molar-refractivity contribution < 1.29 is 13.9 Å². The van der Waals surface area contributed by atoms with Crippen molar-refractivity contribution in [3.05, 3.63) is 56.3 Å². The van der Waals surface area contributed by atoms with Gasteiger partial charge in [0.1, 0.15) is 5.76 Å². The molecule has 0 spiro atoms. The first kappa shape index (κ1) is 14.9. The highest BCUT2D eigenvalue weighted by Crippen LogP contribution is 2.36. The van der Waals surface area contributed by atoms with Crippen LogP contribution in [-0.4, -0.2) is 14.2 Å². The Bertz CT molecular complexity index is 882. The Morgan fingerprint density at radius 3 is 2.36 bits per heavy atom. The molecule has 0 bridgehead atoms. The first-order valence-electron chi connectivity index (χ1n) is 6.59. The normalized spacial score (nSPS) is 10.7. The summed E-state index contributed by atoms with van der Waals surface area (Å²) in [6.07, 6.45) is 0. The summed E-state index contributed by atoms with van der Waals surface area (Å²) in [4.78, 5) is 12.3. The number of methoxy groups -OCH3 is 2. The van der Waals surface area contributed by atoms with Crippen molar-refractivity contribution in [3.8, 4) is 22.8 Å². The average molecular weight is 408 g/mol. The summed E-state index contributed by atoms with van der Waals surface area (Å²) < 4.78 is 17.7. The van der Waals surface area contributed by atoms with Crippen LogP contribution < -0.4 is 14.9 Å². The van der Waals surface area contributed by atoms with Crippen LogP contribution in [0.1, 0.15) is 0 Å². The molecule has 2 aromatic carbocycles. The van der Waals surface area contributed by atoms with E-state index in [0.717, 1.165) is 9.13 Å². The molecule has 0 aliphatic rings. The molecular formula is C17H13IO4. The van der Waals surface area contributed by atoms with Gasteiger partial charge < -0.3 is 13.9 Å². The van der Waals surface area contributed by atoms with E-state index in [0.29, 0.717) is 28.2 Å². The van der Waals surface area contributed by atoms with Crippen LogP contribution in [0, 0.1) is 3.57 Å². The van der Waals surface area contributed by atoms with Gasteiger partial charge >= 0.3 is 0 Å². The fraction of sp³-hybridized carbons (Fsp3) is 0.118. The Hall–Kier alpha value is -2.02. The van der Waals surface area contributed by atoms with Crippen molar-refractivity contribution >= 4 is 33.6 Å². The largest absolute Gasteiger partial charge is 0.493 e. The summed E-state index contributed by atoms with van der Waals surface area (Å²) >= 11 is 2.23. The SMILES string of the molecule is COc1ccc2c(=O)cc(-c3ccc(I)cc3)oc2c1OC. The van der Waals surface area contributed by atoms with Crippen molar-refractivity contribution in [2.75, 3.05) is 14.2 Å². The summed E-state index contributed by atoms with van der Waals surface area (Å²) in [5, 5.41) is 0.465. The van der Waals surface area contributed by atoms with Gasteiger partial charge in [-0.2, -0.15) is 0 Å². The Balaban J connectivity index is 2.30. The van der Waals surface area contributed by atoms with Crippen LogP contribution in [0.4, 0.5) is 0 Å². The van der Waals surface area contributed by atoms with E-state index >= 15 is 0 Å². The molecule has 3 rings (SSSR count). The summed E-state index contributed by atoms with van der Waals surface area (Å²) in [6, 6.07) is 12.6. The summed E-state index contributed by atoms with van der Waals surface area (Å²) in [6.45, 7) is 0. The molecule has 0 unspecified atom stereocenters. The number of benzene rings is 2. The van der Waals surface area contributed by atoms with Gasteiger partial charge in [0.05, 0.1) is 19.6 Å². The van der Waals surface area contributed by atoms with E-state index in [4.69, 9.17) is 13.9 Å². The van der Waals surface area contributed by atoms with Gasteiger partial charge in [0.15, 0.2) is 16.8 Å². The molecule has 0 radical (unpaired) electrons.